The lowest BCUT2D eigenvalue weighted by Crippen LogP contribution is -2.01. The third kappa shape index (κ3) is 2.11. The van der Waals surface area contributed by atoms with E-state index in [1.165, 1.54) is 10.7 Å². The number of halogens is 1. The van der Waals surface area contributed by atoms with Gasteiger partial charge in [-0.1, -0.05) is 18.2 Å². The first-order chi connectivity index (χ1) is 9.65. The summed E-state index contributed by atoms with van der Waals surface area (Å²) in [7, 11) is 0. The van der Waals surface area contributed by atoms with Crippen LogP contribution in [0.15, 0.2) is 42.5 Å². The van der Waals surface area contributed by atoms with Crippen molar-refractivity contribution in [2.75, 3.05) is 5.73 Å². The molecule has 0 spiro atoms. The van der Waals surface area contributed by atoms with Crippen LogP contribution in [0.25, 0.3) is 17.1 Å². The maximum atomic E-state index is 13.7. The fourth-order valence-corrected chi connectivity index (χ4v) is 1.93. The summed E-state index contributed by atoms with van der Waals surface area (Å²) in [5, 5.41) is 11.5. The van der Waals surface area contributed by atoms with Crippen LogP contribution >= 0.6 is 0 Å². The van der Waals surface area contributed by atoms with Crippen LogP contribution in [0.2, 0.25) is 0 Å². The van der Waals surface area contributed by atoms with Gasteiger partial charge in [0.1, 0.15) is 5.82 Å². The molecule has 3 aromatic rings. The monoisotopic (exact) mass is 269 g/mol. The number of aromatic nitrogens is 4. The van der Waals surface area contributed by atoms with E-state index >= 15 is 0 Å². The average molecular weight is 269 g/mol. The molecule has 1 heterocycles. The largest absolute Gasteiger partial charge is 0.399 e. The topological polar surface area (TPSA) is 69.6 Å². The zero-order valence-corrected chi connectivity index (χ0v) is 10.8. The first-order valence-electron chi connectivity index (χ1n) is 6.06. The normalized spacial score (nSPS) is 10.7. The number of aryl methyl sites for hydroxylation is 1. The summed E-state index contributed by atoms with van der Waals surface area (Å²) in [4.78, 5) is 0. The number of nitrogens with two attached hydrogens (primary N) is 1. The molecule has 0 saturated heterocycles. The summed E-state index contributed by atoms with van der Waals surface area (Å²) in [6, 6.07) is 12.1. The first-order valence-corrected chi connectivity index (χ1v) is 6.06. The molecule has 100 valence electrons. The van der Waals surface area contributed by atoms with Crippen molar-refractivity contribution in [3.8, 4) is 17.1 Å². The predicted octanol–water partition coefficient (Wildman–Crippen LogP) is 2.36. The third-order valence-electron chi connectivity index (χ3n) is 3.01. The number of nitrogens with zero attached hydrogens (tertiary/aromatic N) is 4. The van der Waals surface area contributed by atoms with E-state index < -0.39 is 0 Å². The fraction of sp³-hybridized carbons (Fsp3) is 0.0714. The lowest BCUT2D eigenvalue weighted by molar-refractivity contribution is 0.615. The molecule has 6 heteroatoms. The lowest BCUT2D eigenvalue weighted by atomic mass is 10.2. The molecule has 20 heavy (non-hydrogen) atoms. The molecule has 0 bridgehead atoms. The maximum absolute atomic E-state index is 13.7. The molecule has 0 radical (unpaired) electrons. The number of rotatable bonds is 2. The molecule has 1 aromatic heterocycles. The molecule has 0 aliphatic carbocycles. The second kappa shape index (κ2) is 4.73. The van der Waals surface area contributed by atoms with Crippen LogP contribution in [0.4, 0.5) is 10.1 Å². The van der Waals surface area contributed by atoms with E-state index in [-0.39, 0.29) is 5.82 Å². The molecule has 0 unspecified atom stereocenters. The highest BCUT2D eigenvalue weighted by Crippen LogP contribution is 2.22. The van der Waals surface area contributed by atoms with Gasteiger partial charge in [0.2, 0.25) is 0 Å². The molecule has 0 aliphatic rings. The molecule has 2 N–H and O–H groups in total. The SMILES string of the molecule is Cc1ccc(-n2nnnc2-c2cccc(N)c2)cc1F. The second-order valence-corrected chi connectivity index (χ2v) is 4.47. The van der Waals surface area contributed by atoms with Gasteiger partial charge < -0.3 is 5.73 Å². The van der Waals surface area contributed by atoms with Gasteiger partial charge in [-0.25, -0.2) is 4.39 Å². The van der Waals surface area contributed by atoms with Crippen LogP contribution in [0.5, 0.6) is 0 Å². The standard InChI is InChI=1S/C14H12FN5/c1-9-5-6-12(8-13(9)15)20-14(17-18-19-20)10-3-2-4-11(16)7-10/h2-8H,16H2,1H3. The zero-order chi connectivity index (χ0) is 14.1. The summed E-state index contributed by atoms with van der Waals surface area (Å²) in [5.41, 5.74) is 8.29. The van der Waals surface area contributed by atoms with Crippen LogP contribution < -0.4 is 5.73 Å². The van der Waals surface area contributed by atoms with Crippen LogP contribution in [0.1, 0.15) is 5.56 Å². The van der Waals surface area contributed by atoms with Gasteiger partial charge >= 0.3 is 0 Å². The highest BCUT2D eigenvalue weighted by molar-refractivity contribution is 5.62. The Kier molecular flexibility index (Phi) is 2.90. The predicted molar refractivity (Wildman–Crippen MR) is 73.7 cm³/mol. The van der Waals surface area contributed by atoms with Crippen LogP contribution in [0, 0.1) is 12.7 Å². The maximum Gasteiger partial charge on any atom is 0.187 e. The molecule has 0 atom stereocenters. The van der Waals surface area contributed by atoms with Crippen LogP contribution in [-0.4, -0.2) is 20.2 Å². The molecule has 3 rings (SSSR count). The molecule has 0 aliphatic heterocycles. The molecule has 5 nitrogen and oxygen atoms in total. The number of anilines is 1. The van der Waals surface area contributed by atoms with Crippen molar-refractivity contribution in [2.45, 2.75) is 6.92 Å². The minimum atomic E-state index is -0.295. The molecular formula is C14H12FN5. The first kappa shape index (κ1) is 12.3. The van der Waals surface area contributed by atoms with Gasteiger partial charge in [-0.05, 0) is 47.2 Å². The van der Waals surface area contributed by atoms with Crippen molar-refractivity contribution < 1.29 is 4.39 Å². The molecule has 0 fully saturated rings. The molecule has 2 aromatic carbocycles. The van der Waals surface area contributed by atoms with Crippen molar-refractivity contribution in [3.63, 3.8) is 0 Å². The van der Waals surface area contributed by atoms with Gasteiger partial charge in [0, 0.05) is 11.3 Å². The minimum Gasteiger partial charge on any atom is -0.399 e. The van der Waals surface area contributed by atoms with Crippen LogP contribution in [-0.2, 0) is 0 Å². The van der Waals surface area contributed by atoms with Crippen molar-refractivity contribution in [2.24, 2.45) is 0 Å². The van der Waals surface area contributed by atoms with Crippen molar-refractivity contribution in [1.82, 2.24) is 20.2 Å². The van der Waals surface area contributed by atoms with E-state index in [1.54, 1.807) is 31.2 Å². The van der Waals surface area contributed by atoms with Crippen molar-refractivity contribution >= 4 is 5.69 Å². The molecule has 0 amide bonds. The summed E-state index contributed by atoms with van der Waals surface area (Å²) in [6.07, 6.45) is 0. The van der Waals surface area contributed by atoms with E-state index in [0.717, 1.165) is 5.56 Å². The fourth-order valence-electron chi connectivity index (χ4n) is 1.93. The smallest absolute Gasteiger partial charge is 0.187 e. The Morgan fingerprint density at radius 1 is 1.15 bits per heavy atom. The highest BCUT2D eigenvalue weighted by Gasteiger charge is 2.12. The number of hydrogen-bond acceptors (Lipinski definition) is 4. The van der Waals surface area contributed by atoms with Crippen molar-refractivity contribution in [1.29, 1.82) is 0 Å². The summed E-state index contributed by atoms with van der Waals surface area (Å²) in [6.45, 7) is 1.71. The number of hydrogen-bond donors (Lipinski definition) is 1. The van der Waals surface area contributed by atoms with Gasteiger partial charge in [0.25, 0.3) is 0 Å². The van der Waals surface area contributed by atoms with Gasteiger partial charge in [-0.3, -0.25) is 0 Å². The van der Waals surface area contributed by atoms with Crippen LogP contribution in [0.3, 0.4) is 0 Å². The van der Waals surface area contributed by atoms with E-state index in [9.17, 15) is 4.39 Å². The Hall–Kier alpha value is -2.76. The van der Waals surface area contributed by atoms with Gasteiger partial charge in [0.15, 0.2) is 5.82 Å². The number of benzene rings is 2. The number of nitrogen functional groups attached to an aromatic ring is 1. The third-order valence-corrected chi connectivity index (χ3v) is 3.01. The zero-order valence-electron chi connectivity index (χ0n) is 10.8. The lowest BCUT2D eigenvalue weighted by Gasteiger charge is -2.06. The van der Waals surface area contributed by atoms with Gasteiger partial charge in [-0.2, -0.15) is 4.68 Å². The van der Waals surface area contributed by atoms with E-state index in [1.807, 2.05) is 12.1 Å². The Bertz CT molecular complexity index is 766. The van der Waals surface area contributed by atoms with E-state index in [4.69, 9.17) is 5.73 Å². The van der Waals surface area contributed by atoms with Gasteiger partial charge in [-0.15, -0.1) is 5.10 Å². The van der Waals surface area contributed by atoms with Crippen molar-refractivity contribution in [3.05, 3.63) is 53.8 Å². The second-order valence-electron chi connectivity index (χ2n) is 4.47. The number of tetrazole rings is 1. The Morgan fingerprint density at radius 2 is 2.00 bits per heavy atom. The quantitative estimate of drug-likeness (QED) is 0.725. The van der Waals surface area contributed by atoms with E-state index in [2.05, 4.69) is 15.5 Å². The average Bonchev–Trinajstić information content (AvgIpc) is 2.91. The Morgan fingerprint density at radius 3 is 2.75 bits per heavy atom. The molecular weight excluding hydrogens is 257 g/mol. The Balaban J connectivity index is 2.12. The van der Waals surface area contributed by atoms with Gasteiger partial charge in [0.05, 0.1) is 5.69 Å². The highest BCUT2D eigenvalue weighted by atomic mass is 19.1. The summed E-state index contributed by atoms with van der Waals surface area (Å²) in [5.74, 6) is 0.220. The minimum absolute atomic E-state index is 0.295. The van der Waals surface area contributed by atoms with E-state index in [0.29, 0.717) is 22.8 Å². The summed E-state index contributed by atoms with van der Waals surface area (Å²) >= 11 is 0. The Labute approximate surface area is 114 Å². The summed E-state index contributed by atoms with van der Waals surface area (Å²) < 4.78 is 15.2. The molecule has 0 saturated carbocycles.